The topological polar surface area (TPSA) is 109 Å². The average molecular weight is 451 g/mol. The molecular weight excluding hydrogens is 432 g/mol. The van der Waals surface area contributed by atoms with Gasteiger partial charge in [-0.2, -0.15) is 5.10 Å². The molecule has 10 heteroatoms. The quantitative estimate of drug-likeness (QED) is 0.318. The molecule has 0 saturated heterocycles. The van der Waals surface area contributed by atoms with Gasteiger partial charge in [0.2, 0.25) is 0 Å². The second kappa shape index (κ2) is 7.47. The third-order valence-electron chi connectivity index (χ3n) is 5.15. The molecule has 0 spiro atoms. The van der Waals surface area contributed by atoms with Gasteiger partial charge in [-0.1, -0.05) is 30.0 Å². The van der Waals surface area contributed by atoms with E-state index in [1.165, 1.54) is 29.3 Å². The Bertz CT molecular complexity index is 1550. The first-order chi connectivity index (χ1) is 14.9. The van der Waals surface area contributed by atoms with Crippen LogP contribution < -0.4 is 11.1 Å². The number of para-hydroxylation sites is 1. The summed E-state index contributed by atoms with van der Waals surface area (Å²) in [4.78, 5) is 42.0. The molecule has 0 saturated carbocycles. The van der Waals surface area contributed by atoms with E-state index in [9.17, 15) is 9.59 Å². The Labute approximate surface area is 184 Å². The molecule has 0 fully saturated rings. The van der Waals surface area contributed by atoms with Gasteiger partial charge in [0, 0.05) is 4.88 Å². The lowest BCUT2D eigenvalue weighted by molar-refractivity contribution is 0.865. The van der Waals surface area contributed by atoms with Gasteiger partial charge in [0.05, 0.1) is 22.5 Å². The van der Waals surface area contributed by atoms with Crippen LogP contribution in [0.3, 0.4) is 0 Å². The molecule has 5 rings (SSSR count). The number of hydrogen-bond donors (Lipinski definition) is 2. The van der Waals surface area contributed by atoms with Crippen LogP contribution in [0.4, 0.5) is 0 Å². The molecule has 2 N–H and O–H groups in total. The van der Waals surface area contributed by atoms with E-state index in [2.05, 4.69) is 25.0 Å². The molecule has 0 aliphatic carbocycles. The van der Waals surface area contributed by atoms with Crippen LogP contribution in [0.15, 0.2) is 51.3 Å². The number of fused-ring (bicyclic) bond motifs is 2. The maximum atomic E-state index is 12.6. The number of aromatic amines is 2. The summed E-state index contributed by atoms with van der Waals surface area (Å²) >= 11 is 2.84. The third kappa shape index (κ3) is 3.37. The fourth-order valence-corrected chi connectivity index (χ4v) is 5.29. The number of nitrogens with zero attached hydrogens (tertiary/aromatic N) is 4. The zero-order valence-electron chi connectivity index (χ0n) is 17.0. The van der Waals surface area contributed by atoms with Crippen LogP contribution in [-0.4, -0.2) is 29.7 Å². The number of aromatic nitrogens is 6. The van der Waals surface area contributed by atoms with Gasteiger partial charge in [0.25, 0.3) is 11.1 Å². The van der Waals surface area contributed by atoms with Crippen LogP contribution in [0.2, 0.25) is 0 Å². The summed E-state index contributed by atoms with van der Waals surface area (Å²) in [7, 11) is 0. The molecule has 4 heterocycles. The van der Waals surface area contributed by atoms with E-state index in [1.54, 1.807) is 4.68 Å². The third-order valence-corrected chi connectivity index (χ3v) is 7.24. The lowest BCUT2D eigenvalue weighted by Crippen LogP contribution is -2.13. The molecule has 8 nitrogen and oxygen atoms in total. The number of nitrogens with one attached hydrogen (secondary N) is 2. The maximum absolute atomic E-state index is 12.6. The zero-order valence-corrected chi connectivity index (χ0v) is 18.6. The van der Waals surface area contributed by atoms with Gasteiger partial charge in [-0.3, -0.25) is 9.59 Å². The minimum Gasteiger partial charge on any atom is -0.309 e. The van der Waals surface area contributed by atoms with Crippen LogP contribution in [0.25, 0.3) is 26.9 Å². The van der Waals surface area contributed by atoms with Crippen molar-refractivity contribution in [3.05, 3.63) is 73.5 Å². The number of aryl methyl sites for hydroxylation is 2. The first-order valence-corrected chi connectivity index (χ1v) is 11.3. The number of benzene rings is 1. The van der Waals surface area contributed by atoms with Gasteiger partial charge < -0.3 is 9.97 Å². The van der Waals surface area contributed by atoms with Gasteiger partial charge in [-0.25, -0.2) is 14.6 Å². The van der Waals surface area contributed by atoms with Gasteiger partial charge in [-0.15, -0.1) is 11.3 Å². The number of thiophene rings is 1. The lowest BCUT2D eigenvalue weighted by Gasteiger charge is -2.10. The summed E-state index contributed by atoms with van der Waals surface area (Å²) in [6, 6.07) is 9.53. The summed E-state index contributed by atoms with van der Waals surface area (Å²) in [5, 5.41) is 5.59. The normalized spacial score (nSPS) is 12.6. The van der Waals surface area contributed by atoms with Gasteiger partial charge in [0.15, 0.2) is 10.8 Å². The summed E-state index contributed by atoms with van der Waals surface area (Å²) in [5.41, 5.74) is 1.86. The van der Waals surface area contributed by atoms with Crippen molar-refractivity contribution in [2.24, 2.45) is 0 Å². The van der Waals surface area contributed by atoms with Crippen molar-refractivity contribution < 1.29 is 0 Å². The molecule has 1 aromatic carbocycles. The van der Waals surface area contributed by atoms with Gasteiger partial charge in [-0.05, 0) is 38.5 Å². The predicted molar refractivity (Wildman–Crippen MR) is 123 cm³/mol. The number of H-pyrrole nitrogens is 2. The highest BCUT2D eigenvalue weighted by Gasteiger charge is 2.18. The minimum atomic E-state index is -0.261. The second-order valence-electron chi connectivity index (χ2n) is 7.17. The Kier molecular flexibility index (Phi) is 4.75. The SMILES string of the molecule is Cc1sc2nc([C@H](C)Sc3nc4c(cnn4-c4ccccc4)c(=O)[nH]3)[nH]c(=O)c2c1C. The van der Waals surface area contributed by atoms with Crippen molar-refractivity contribution >= 4 is 44.3 Å². The van der Waals surface area contributed by atoms with Crippen molar-refractivity contribution in [1.82, 2.24) is 29.7 Å². The molecule has 4 aromatic heterocycles. The summed E-state index contributed by atoms with van der Waals surface area (Å²) in [5.74, 6) is 0.545. The highest BCUT2D eigenvalue weighted by atomic mass is 32.2. The number of hydrogen-bond acceptors (Lipinski definition) is 7. The van der Waals surface area contributed by atoms with E-state index >= 15 is 0 Å². The van der Waals surface area contributed by atoms with Crippen molar-refractivity contribution in [3.63, 3.8) is 0 Å². The molecule has 31 heavy (non-hydrogen) atoms. The lowest BCUT2D eigenvalue weighted by atomic mass is 10.2. The van der Waals surface area contributed by atoms with Crippen molar-refractivity contribution in [2.45, 2.75) is 31.2 Å². The fraction of sp³-hybridized carbons (Fsp3) is 0.190. The van der Waals surface area contributed by atoms with Crippen LogP contribution in [0, 0.1) is 13.8 Å². The summed E-state index contributed by atoms with van der Waals surface area (Å²) in [6.07, 6.45) is 1.51. The highest BCUT2D eigenvalue weighted by molar-refractivity contribution is 7.99. The number of thioether (sulfide) groups is 1. The molecule has 0 unspecified atom stereocenters. The Morgan fingerprint density at radius 3 is 2.61 bits per heavy atom. The maximum Gasteiger partial charge on any atom is 0.262 e. The molecule has 5 aromatic rings. The van der Waals surface area contributed by atoms with Gasteiger partial charge >= 0.3 is 0 Å². The molecular formula is C21H18N6O2S2. The zero-order chi connectivity index (χ0) is 21.7. The Balaban J connectivity index is 1.54. The molecule has 0 amide bonds. The first kappa shape index (κ1) is 19.7. The van der Waals surface area contributed by atoms with Gasteiger partial charge in [0.1, 0.15) is 16.0 Å². The largest absolute Gasteiger partial charge is 0.309 e. The summed E-state index contributed by atoms with van der Waals surface area (Å²) < 4.78 is 1.64. The van der Waals surface area contributed by atoms with Crippen LogP contribution in [0.5, 0.6) is 0 Å². The van der Waals surface area contributed by atoms with Crippen LogP contribution >= 0.6 is 23.1 Å². The molecule has 1 atom stereocenters. The van der Waals surface area contributed by atoms with Crippen LogP contribution in [-0.2, 0) is 0 Å². The summed E-state index contributed by atoms with van der Waals surface area (Å²) in [6.45, 7) is 5.84. The van der Waals surface area contributed by atoms with E-state index in [-0.39, 0.29) is 16.4 Å². The monoisotopic (exact) mass is 450 g/mol. The molecule has 0 aliphatic heterocycles. The number of rotatable bonds is 4. The molecule has 0 aliphatic rings. The van der Waals surface area contributed by atoms with Crippen LogP contribution in [0.1, 0.15) is 28.4 Å². The van der Waals surface area contributed by atoms with Crippen molar-refractivity contribution in [1.29, 1.82) is 0 Å². The van der Waals surface area contributed by atoms with E-state index in [1.807, 2.05) is 51.1 Å². The van der Waals surface area contributed by atoms with Crippen molar-refractivity contribution in [2.75, 3.05) is 0 Å². The van der Waals surface area contributed by atoms with E-state index < -0.39 is 0 Å². The first-order valence-electron chi connectivity index (χ1n) is 9.62. The molecule has 156 valence electrons. The standard InChI is InChI=1S/C21H18N6O2S2/c1-10-11(2)30-20-15(10)19(29)23-16(24-20)12(3)31-21-25-17-14(18(28)26-21)9-22-27(17)13-7-5-4-6-8-13/h4-9,12H,1-3H3,(H,23,24,29)(H,25,26,28)/t12-/m0/s1. The van der Waals surface area contributed by atoms with E-state index in [0.717, 1.165) is 21.0 Å². The van der Waals surface area contributed by atoms with Crippen molar-refractivity contribution in [3.8, 4) is 5.69 Å². The Hall–Kier alpha value is -3.24. The fourth-order valence-electron chi connectivity index (χ4n) is 3.40. The highest BCUT2D eigenvalue weighted by Crippen LogP contribution is 2.33. The Morgan fingerprint density at radius 1 is 1.06 bits per heavy atom. The molecule has 0 radical (unpaired) electrons. The minimum absolute atomic E-state index is 0.145. The predicted octanol–water partition coefficient (Wildman–Crippen LogP) is 3.88. The smallest absolute Gasteiger partial charge is 0.262 e. The Morgan fingerprint density at radius 2 is 1.84 bits per heavy atom. The van der Waals surface area contributed by atoms with E-state index in [0.29, 0.717) is 27.4 Å². The molecule has 0 bridgehead atoms. The average Bonchev–Trinajstić information content (AvgIpc) is 3.30. The second-order valence-corrected chi connectivity index (χ2v) is 9.71. The van der Waals surface area contributed by atoms with E-state index in [4.69, 9.17) is 0 Å².